The maximum atomic E-state index is 12.5. The highest BCUT2D eigenvalue weighted by Crippen LogP contribution is 2.10. The van der Waals surface area contributed by atoms with Crippen LogP contribution in [-0.4, -0.2) is 33.4 Å². The molecule has 0 aliphatic heterocycles. The van der Waals surface area contributed by atoms with Gasteiger partial charge in [-0.1, -0.05) is 50.6 Å². The first-order chi connectivity index (χ1) is 13.3. The Balaban J connectivity index is 0.00000122. The molecule has 0 aliphatic rings. The lowest BCUT2D eigenvalue weighted by Crippen LogP contribution is -2.54. The summed E-state index contributed by atoms with van der Waals surface area (Å²) in [5.74, 6) is -0.175. The summed E-state index contributed by atoms with van der Waals surface area (Å²) in [6.45, 7) is 7.46. The molecule has 154 valence electrons. The highest BCUT2D eigenvalue weighted by atomic mass is 16.2. The Morgan fingerprint density at radius 3 is 2.39 bits per heavy atom. The third-order valence-electron chi connectivity index (χ3n) is 3.76. The summed E-state index contributed by atoms with van der Waals surface area (Å²) in [6, 6.07) is 9.35. The Labute approximate surface area is 167 Å². The molecule has 7 heteroatoms. The van der Waals surface area contributed by atoms with Crippen molar-refractivity contribution in [1.82, 2.24) is 15.3 Å². The number of aromatic nitrogens is 2. The number of aryl methyl sites for hydroxylation is 1. The van der Waals surface area contributed by atoms with Gasteiger partial charge in [0.05, 0.1) is 18.1 Å². The molecule has 0 spiro atoms. The number of amides is 2. The summed E-state index contributed by atoms with van der Waals surface area (Å²) in [4.78, 5) is 31.3. The van der Waals surface area contributed by atoms with Crippen LogP contribution in [0.1, 0.15) is 52.5 Å². The predicted octanol–water partition coefficient (Wildman–Crippen LogP) is 3.01. The van der Waals surface area contributed by atoms with Crippen molar-refractivity contribution in [3.8, 4) is 0 Å². The third-order valence-corrected chi connectivity index (χ3v) is 3.76. The Hall–Kier alpha value is -2.67. The van der Waals surface area contributed by atoms with Crippen LogP contribution in [0.2, 0.25) is 0 Å². The average molecular weight is 388 g/mol. The van der Waals surface area contributed by atoms with Crippen molar-refractivity contribution in [2.24, 2.45) is 5.73 Å². The zero-order valence-corrected chi connectivity index (χ0v) is 17.3. The van der Waals surface area contributed by atoms with Gasteiger partial charge in [0.15, 0.2) is 0 Å². The number of nitrogens with one attached hydrogen (secondary N) is 3. The van der Waals surface area contributed by atoms with Crippen LogP contribution in [-0.2, 0) is 16.0 Å². The van der Waals surface area contributed by atoms with E-state index in [1.54, 1.807) is 13.8 Å². The standard InChI is InChI=1S/C18H25N5O2.C3H8/c1-18(2,19)17(25)22-14(16(24)23-15-11-20-12-21-15)10-6-9-13-7-4-3-5-8-13;1-3-2/h3-5,7-8,11-12,14H,6,9-10,19H2,1-2H3,(H,20,21)(H,22,25)(H,23,24);3H2,1-2H3. The van der Waals surface area contributed by atoms with Crippen molar-refractivity contribution in [1.29, 1.82) is 0 Å². The van der Waals surface area contributed by atoms with Gasteiger partial charge < -0.3 is 21.4 Å². The molecule has 1 aromatic carbocycles. The number of anilines is 1. The average Bonchev–Trinajstić information content (AvgIpc) is 3.14. The smallest absolute Gasteiger partial charge is 0.248 e. The zero-order valence-electron chi connectivity index (χ0n) is 17.3. The van der Waals surface area contributed by atoms with Crippen LogP contribution in [0, 0.1) is 0 Å². The summed E-state index contributed by atoms with van der Waals surface area (Å²) in [7, 11) is 0. The molecular formula is C21H33N5O2. The second-order valence-electron chi connectivity index (χ2n) is 7.29. The van der Waals surface area contributed by atoms with Crippen molar-refractivity contribution in [2.75, 3.05) is 5.32 Å². The molecule has 0 aliphatic carbocycles. The lowest BCUT2D eigenvalue weighted by molar-refractivity contribution is -0.129. The van der Waals surface area contributed by atoms with E-state index in [0.29, 0.717) is 12.2 Å². The first-order valence-electron chi connectivity index (χ1n) is 9.70. The minimum Gasteiger partial charge on any atom is -0.343 e. The van der Waals surface area contributed by atoms with Gasteiger partial charge in [0.2, 0.25) is 11.8 Å². The number of imidazole rings is 1. The van der Waals surface area contributed by atoms with Crippen LogP contribution in [0.4, 0.5) is 5.82 Å². The number of rotatable bonds is 8. The Bertz CT molecular complexity index is 693. The van der Waals surface area contributed by atoms with E-state index >= 15 is 0 Å². The monoisotopic (exact) mass is 387 g/mol. The van der Waals surface area contributed by atoms with Crippen LogP contribution in [0.25, 0.3) is 0 Å². The molecule has 5 N–H and O–H groups in total. The van der Waals surface area contributed by atoms with Gasteiger partial charge in [0.1, 0.15) is 11.9 Å². The number of nitrogens with zero attached hydrogens (tertiary/aromatic N) is 1. The number of benzene rings is 1. The van der Waals surface area contributed by atoms with E-state index in [1.165, 1.54) is 24.5 Å². The summed E-state index contributed by atoms with van der Waals surface area (Å²) < 4.78 is 0. The number of aromatic amines is 1. The maximum absolute atomic E-state index is 12.5. The van der Waals surface area contributed by atoms with E-state index in [4.69, 9.17) is 5.73 Å². The van der Waals surface area contributed by atoms with E-state index < -0.39 is 11.6 Å². The molecule has 1 heterocycles. The molecular weight excluding hydrogens is 354 g/mol. The second-order valence-corrected chi connectivity index (χ2v) is 7.29. The molecule has 1 unspecified atom stereocenters. The second kappa shape index (κ2) is 11.9. The van der Waals surface area contributed by atoms with Gasteiger partial charge in [-0.25, -0.2) is 4.98 Å². The fraction of sp³-hybridized carbons (Fsp3) is 0.476. The van der Waals surface area contributed by atoms with E-state index in [0.717, 1.165) is 12.8 Å². The van der Waals surface area contributed by atoms with Crippen molar-refractivity contribution in [3.05, 3.63) is 48.4 Å². The van der Waals surface area contributed by atoms with Crippen molar-refractivity contribution in [2.45, 2.75) is 65.0 Å². The van der Waals surface area contributed by atoms with Crippen LogP contribution < -0.4 is 16.4 Å². The number of carbonyl (C=O) groups is 2. The molecule has 1 aromatic heterocycles. The Morgan fingerprint density at radius 2 is 1.86 bits per heavy atom. The summed E-state index contributed by atoms with van der Waals surface area (Å²) in [6.07, 6.45) is 6.33. The van der Waals surface area contributed by atoms with Gasteiger partial charge in [-0.15, -0.1) is 0 Å². The zero-order chi connectivity index (χ0) is 21.0. The minimum absolute atomic E-state index is 0.296. The molecule has 1 atom stereocenters. The van der Waals surface area contributed by atoms with Crippen LogP contribution >= 0.6 is 0 Å². The van der Waals surface area contributed by atoms with Crippen molar-refractivity contribution < 1.29 is 9.59 Å². The Morgan fingerprint density at radius 1 is 1.21 bits per heavy atom. The molecule has 2 amide bonds. The first kappa shape index (κ1) is 23.4. The number of H-pyrrole nitrogens is 1. The topological polar surface area (TPSA) is 113 Å². The van der Waals surface area contributed by atoms with E-state index in [1.807, 2.05) is 30.3 Å². The van der Waals surface area contributed by atoms with Gasteiger partial charge >= 0.3 is 0 Å². The number of carbonyl (C=O) groups excluding carboxylic acids is 2. The predicted molar refractivity (Wildman–Crippen MR) is 113 cm³/mol. The lowest BCUT2D eigenvalue weighted by atomic mass is 10.0. The third kappa shape index (κ3) is 8.81. The fourth-order valence-corrected chi connectivity index (χ4v) is 2.31. The Kier molecular flexibility index (Phi) is 9.95. The van der Waals surface area contributed by atoms with E-state index in [9.17, 15) is 9.59 Å². The van der Waals surface area contributed by atoms with Gasteiger partial charge in [-0.3, -0.25) is 9.59 Å². The van der Waals surface area contributed by atoms with Gasteiger partial charge in [0, 0.05) is 0 Å². The van der Waals surface area contributed by atoms with Crippen LogP contribution in [0.3, 0.4) is 0 Å². The summed E-state index contributed by atoms with van der Waals surface area (Å²) in [5.41, 5.74) is 5.97. The molecule has 0 saturated carbocycles. The molecule has 7 nitrogen and oxygen atoms in total. The highest BCUT2D eigenvalue weighted by Gasteiger charge is 2.28. The number of hydrogen-bond donors (Lipinski definition) is 4. The molecule has 2 aromatic rings. The number of nitrogens with two attached hydrogens (primary N) is 1. The molecule has 0 saturated heterocycles. The quantitative estimate of drug-likeness (QED) is 0.557. The first-order valence-corrected chi connectivity index (χ1v) is 9.70. The van der Waals surface area contributed by atoms with Crippen LogP contribution in [0.5, 0.6) is 0 Å². The lowest BCUT2D eigenvalue weighted by Gasteiger charge is -2.23. The summed E-state index contributed by atoms with van der Waals surface area (Å²) >= 11 is 0. The molecule has 28 heavy (non-hydrogen) atoms. The van der Waals surface area contributed by atoms with Crippen molar-refractivity contribution >= 4 is 17.6 Å². The van der Waals surface area contributed by atoms with E-state index in [2.05, 4.69) is 34.4 Å². The minimum atomic E-state index is -1.05. The van der Waals surface area contributed by atoms with Gasteiger partial charge in [-0.05, 0) is 38.7 Å². The molecule has 0 bridgehead atoms. The van der Waals surface area contributed by atoms with Gasteiger partial charge in [-0.2, -0.15) is 0 Å². The number of hydrogen-bond acceptors (Lipinski definition) is 4. The molecule has 2 rings (SSSR count). The normalized spacial score (nSPS) is 11.8. The molecule has 0 radical (unpaired) electrons. The SMILES string of the molecule is CC(C)(N)C(=O)NC(CCCc1ccccc1)C(=O)Nc1cnc[nH]1.CCC. The van der Waals surface area contributed by atoms with E-state index in [-0.39, 0.29) is 11.8 Å². The maximum Gasteiger partial charge on any atom is 0.248 e. The largest absolute Gasteiger partial charge is 0.343 e. The summed E-state index contributed by atoms with van der Waals surface area (Å²) in [5, 5.41) is 5.46. The fourth-order valence-electron chi connectivity index (χ4n) is 2.31. The van der Waals surface area contributed by atoms with Gasteiger partial charge in [0.25, 0.3) is 0 Å². The van der Waals surface area contributed by atoms with Crippen molar-refractivity contribution in [3.63, 3.8) is 0 Å². The highest BCUT2D eigenvalue weighted by molar-refractivity contribution is 5.97. The van der Waals surface area contributed by atoms with Crippen LogP contribution in [0.15, 0.2) is 42.9 Å². The molecule has 0 fully saturated rings.